The Kier molecular flexibility index (Phi) is 5.46. The monoisotopic (exact) mass is 305 g/mol. The quantitative estimate of drug-likeness (QED) is 0.356. The number of ether oxygens (including phenoxy) is 1. The van der Waals surface area contributed by atoms with Gasteiger partial charge < -0.3 is 15.8 Å². The molecule has 2 amide bonds. The predicted octanol–water partition coefficient (Wildman–Crippen LogP) is -1.47. The smallest absolute Gasteiger partial charge is 0.342 e. The molecule has 0 aliphatic heterocycles. The summed E-state index contributed by atoms with van der Waals surface area (Å²) in [4.78, 5) is 22.0. The maximum atomic E-state index is 11.9. The zero-order valence-corrected chi connectivity index (χ0v) is 11.5. The number of sulfonamides is 1. The van der Waals surface area contributed by atoms with Crippen LogP contribution in [0.4, 0.5) is 4.79 Å². The Hall–Kier alpha value is -2.14. The maximum absolute atomic E-state index is 11.9. The number of aromatic nitrogens is 2. The molecule has 0 saturated carbocycles. The van der Waals surface area contributed by atoms with E-state index >= 15 is 0 Å². The predicted molar refractivity (Wildman–Crippen MR) is 67.3 cm³/mol. The molecule has 0 radical (unpaired) electrons. The Morgan fingerprint density at radius 3 is 2.75 bits per heavy atom. The van der Waals surface area contributed by atoms with Crippen molar-refractivity contribution in [1.82, 2.24) is 20.2 Å². The van der Waals surface area contributed by atoms with E-state index in [0.717, 1.165) is 6.20 Å². The van der Waals surface area contributed by atoms with Crippen molar-refractivity contribution in [1.29, 1.82) is 0 Å². The van der Waals surface area contributed by atoms with Gasteiger partial charge in [-0.05, 0) is 6.92 Å². The van der Waals surface area contributed by atoms with Gasteiger partial charge in [0.15, 0.2) is 5.03 Å². The number of rotatable bonds is 7. The lowest BCUT2D eigenvalue weighted by Crippen LogP contribution is -2.37. The van der Waals surface area contributed by atoms with Gasteiger partial charge in [-0.1, -0.05) is 0 Å². The average Bonchev–Trinajstić information content (AvgIpc) is 2.85. The van der Waals surface area contributed by atoms with Crippen LogP contribution in [0.15, 0.2) is 11.2 Å². The molecule has 0 aliphatic rings. The Bertz CT molecular complexity index is 581. The van der Waals surface area contributed by atoms with Crippen LogP contribution in [0.2, 0.25) is 0 Å². The summed E-state index contributed by atoms with van der Waals surface area (Å²) < 4.78 is 30.8. The second-order valence-corrected chi connectivity index (χ2v) is 5.23. The average molecular weight is 305 g/mol. The lowest BCUT2D eigenvalue weighted by molar-refractivity contribution is 0.0522. The molecule has 112 valence electrons. The third kappa shape index (κ3) is 4.20. The summed E-state index contributed by atoms with van der Waals surface area (Å²) in [6.07, 6.45) is 1.06. The maximum Gasteiger partial charge on any atom is 0.342 e. The Labute approximate surface area is 115 Å². The number of hydrogen-bond donors (Lipinski definition) is 4. The van der Waals surface area contributed by atoms with Crippen LogP contribution < -0.4 is 15.8 Å². The third-order valence-electron chi connectivity index (χ3n) is 2.08. The molecule has 0 spiro atoms. The molecule has 0 saturated heterocycles. The first-order valence-corrected chi connectivity index (χ1v) is 7.10. The normalized spacial score (nSPS) is 11.1. The van der Waals surface area contributed by atoms with Gasteiger partial charge >= 0.3 is 12.0 Å². The molecule has 20 heavy (non-hydrogen) atoms. The van der Waals surface area contributed by atoms with Crippen molar-refractivity contribution >= 4 is 22.0 Å². The van der Waals surface area contributed by atoms with Crippen molar-refractivity contribution in [3.8, 4) is 0 Å². The highest BCUT2D eigenvalue weighted by molar-refractivity contribution is 7.89. The van der Waals surface area contributed by atoms with Crippen LogP contribution in [0.25, 0.3) is 0 Å². The fourth-order valence-corrected chi connectivity index (χ4v) is 2.39. The fourth-order valence-electron chi connectivity index (χ4n) is 1.28. The highest BCUT2D eigenvalue weighted by Gasteiger charge is 2.25. The van der Waals surface area contributed by atoms with Gasteiger partial charge in [-0.15, -0.1) is 0 Å². The third-order valence-corrected chi connectivity index (χ3v) is 3.52. The van der Waals surface area contributed by atoms with Gasteiger partial charge in [0.2, 0.25) is 0 Å². The first-order valence-electron chi connectivity index (χ1n) is 5.62. The van der Waals surface area contributed by atoms with E-state index in [-0.39, 0.29) is 25.3 Å². The van der Waals surface area contributed by atoms with Crippen LogP contribution in [0, 0.1) is 0 Å². The van der Waals surface area contributed by atoms with Crippen molar-refractivity contribution in [2.45, 2.75) is 11.9 Å². The molecular formula is C9H15N5O5S. The molecular weight excluding hydrogens is 290 g/mol. The van der Waals surface area contributed by atoms with Gasteiger partial charge in [-0.25, -0.2) is 22.7 Å². The van der Waals surface area contributed by atoms with Gasteiger partial charge in [-0.3, -0.25) is 5.10 Å². The first-order chi connectivity index (χ1) is 9.38. The lowest BCUT2D eigenvalue weighted by Gasteiger charge is -2.07. The van der Waals surface area contributed by atoms with E-state index in [4.69, 9.17) is 10.5 Å². The summed E-state index contributed by atoms with van der Waals surface area (Å²) in [5.74, 6) is -0.795. The van der Waals surface area contributed by atoms with Crippen molar-refractivity contribution < 1.29 is 22.7 Å². The van der Waals surface area contributed by atoms with E-state index in [0.29, 0.717) is 0 Å². The van der Waals surface area contributed by atoms with E-state index in [1.807, 2.05) is 0 Å². The fraction of sp³-hybridized carbons (Fsp3) is 0.444. The number of carbonyl (C=O) groups excluding carboxylic acids is 2. The molecule has 1 heterocycles. The number of primary amides is 1. The number of hydrogen-bond acceptors (Lipinski definition) is 6. The number of carbonyl (C=O) groups is 2. The largest absolute Gasteiger partial charge is 0.462 e. The number of H-pyrrole nitrogens is 1. The van der Waals surface area contributed by atoms with Crippen molar-refractivity contribution in [3.05, 3.63) is 11.8 Å². The van der Waals surface area contributed by atoms with Gasteiger partial charge in [0, 0.05) is 13.1 Å². The van der Waals surface area contributed by atoms with E-state index < -0.39 is 27.0 Å². The number of urea groups is 1. The summed E-state index contributed by atoms with van der Waals surface area (Å²) in [5.41, 5.74) is 4.64. The summed E-state index contributed by atoms with van der Waals surface area (Å²) in [5, 5.41) is 7.56. The molecule has 1 rings (SSSR count). The standard InChI is InChI=1S/C9H15N5O5S/c1-2-19-8(15)6-5-12-14-7(6)20(17,18)13-4-3-11-9(10)16/h5,13H,2-4H2,1H3,(H,12,14)(H3,10,11,16). The molecule has 0 aromatic carbocycles. The molecule has 5 N–H and O–H groups in total. The van der Waals surface area contributed by atoms with Crippen molar-refractivity contribution in [3.63, 3.8) is 0 Å². The van der Waals surface area contributed by atoms with Crippen LogP contribution >= 0.6 is 0 Å². The highest BCUT2D eigenvalue weighted by Crippen LogP contribution is 2.12. The number of esters is 1. The molecule has 0 atom stereocenters. The van der Waals surface area contributed by atoms with E-state index in [1.165, 1.54) is 0 Å². The van der Waals surface area contributed by atoms with Crippen LogP contribution in [-0.4, -0.2) is 50.3 Å². The van der Waals surface area contributed by atoms with Crippen LogP contribution in [0.5, 0.6) is 0 Å². The number of nitrogens with two attached hydrogens (primary N) is 1. The minimum atomic E-state index is -3.97. The van der Waals surface area contributed by atoms with E-state index in [9.17, 15) is 18.0 Å². The minimum Gasteiger partial charge on any atom is -0.462 e. The molecule has 0 aliphatic carbocycles. The van der Waals surface area contributed by atoms with E-state index in [2.05, 4.69) is 20.2 Å². The second kappa shape index (κ2) is 6.86. The summed E-state index contributed by atoms with van der Waals surface area (Å²) >= 11 is 0. The second-order valence-electron chi connectivity index (χ2n) is 3.52. The Morgan fingerprint density at radius 1 is 1.45 bits per heavy atom. The van der Waals surface area contributed by atoms with Gasteiger partial charge in [0.1, 0.15) is 5.56 Å². The zero-order chi connectivity index (χ0) is 15.2. The van der Waals surface area contributed by atoms with Crippen molar-refractivity contribution in [2.75, 3.05) is 19.7 Å². The van der Waals surface area contributed by atoms with Crippen LogP contribution in [0.1, 0.15) is 17.3 Å². The van der Waals surface area contributed by atoms with Crippen LogP contribution in [-0.2, 0) is 14.8 Å². The summed E-state index contributed by atoms with van der Waals surface area (Å²) in [6.45, 7) is 1.63. The van der Waals surface area contributed by atoms with Gasteiger partial charge in [0.05, 0.1) is 12.8 Å². The molecule has 0 unspecified atom stereocenters. The van der Waals surface area contributed by atoms with Gasteiger partial charge in [0.25, 0.3) is 10.0 Å². The van der Waals surface area contributed by atoms with Crippen molar-refractivity contribution in [2.24, 2.45) is 5.73 Å². The highest BCUT2D eigenvalue weighted by atomic mass is 32.2. The SMILES string of the molecule is CCOC(=O)c1cn[nH]c1S(=O)(=O)NCCNC(N)=O. The Morgan fingerprint density at radius 2 is 2.15 bits per heavy atom. The van der Waals surface area contributed by atoms with Gasteiger partial charge in [-0.2, -0.15) is 5.10 Å². The first kappa shape index (κ1) is 15.9. The summed E-state index contributed by atoms with van der Waals surface area (Å²) in [6, 6.07) is -0.766. The topological polar surface area (TPSA) is 156 Å². The summed E-state index contributed by atoms with van der Waals surface area (Å²) in [7, 11) is -3.97. The molecule has 10 nitrogen and oxygen atoms in total. The lowest BCUT2D eigenvalue weighted by atomic mass is 10.4. The van der Waals surface area contributed by atoms with E-state index in [1.54, 1.807) is 6.92 Å². The Balaban J connectivity index is 2.75. The molecule has 11 heteroatoms. The minimum absolute atomic E-state index is 0.0113. The molecule has 1 aromatic rings. The number of amides is 2. The number of nitrogens with one attached hydrogen (secondary N) is 3. The molecule has 0 bridgehead atoms. The van der Waals surface area contributed by atoms with Crippen LogP contribution in [0.3, 0.4) is 0 Å². The molecule has 1 aromatic heterocycles. The molecule has 0 fully saturated rings. The number of aromatic amines is 1. The number of nitrogens with zero attached hydrogens (tertiary/aromatic N) is 1. The zero-order valence-electron chi connectivity index (χ0n) is 10.7.